The van der Waals surface area contributed by atoms with Gasteiger partial charge in [-0.3, -0.25) is 5.10 Å². The molecule has 1 saturated heterocycles. The van der Waals surface area contributed by atoms with Crippen LogP contribution in [0.25, 0.3) is 0 Å². The van der Waals surface area contributed by atoms with Gasteiger partial charge >= 0.3 is 12.1 Å². The van der Waals surface area contributed by atoms with Gasteiger partial charge in [0.1, 0.15) is 0 Å². The summed E-state index contributed by atoms with van der Waals surface area (Å²) in [5, 5.41) is 12.6. The molecule has 24 heavy (non-hydrogen) atoms. The van der Waals surface area contributed by atoms with Crippen molar-refractivity contribution in [2.45, 2.75) is 39.5 Å². The number of aromatic nitrogens is 2. The Bertz CT molecular complexity index is 555. The number of amides is 4. The standard InChI is InChI=1S/C16H28N6O2/c1-4-17-15(23)19-13-10-18-20-14(13)12-8-7-9-22(11-12)16(24)21(5-2)6-3/h10,12H,4-9,11H2,1-3H3,(H,18,20)(H2,17,19,23). The molecule has 8 heteroatoms. The largest absolute Gasteiger partial charge is 0.338 e. The minimum absolute atomic E-state index is 0.0856. The van der Waals surface area contributed by atoms with Crippen molar-refractivity contribution in [3.63, 3.8) is 0 Å². The van der Waals surface area contributed by atoms with Crippen molar-refractivity contribution in [2.75, 3.05) is 38.0 Å². The number of likely N-dealkylation sites (tertiary alicyclic amines) is 1. The summed E-state index contributed by atoms with van der Waals surface area (Å²) in [7, 11) is 0. The third-order valence-electron chi connectivity index (χ3n) is 4.39. The van der Waals surface area contributed by atoms with E-state index < -0.39 is 0 Å². The van der Waals surface area contributed by atoms with Gasteiger partial charge in [0, 0.05) is 38.6 Å². The maximum Gasteiger partial charge on any atom is 0.319 e. The lowest BCUT2D eigenvalue weighted by Gasteiger charge is -2.35. The fraction of sp³-hybridized carbons (Fsp3) is 0.688. The van der Waals surface area contributed by atoms with E-state index in [-0.39, 0.29) is 18.0 Å². The molecule has 2 rings (SSSR count). The van der Waals surface area contributed by atoms with E-state index in [9.17, 15) is 9.59 Å². The maximum absolute atomic E-state index is 12.6. The Morgan fingerprint density at radius 2 is 2.12 bits per heavy atom. The minimum Gasteiger partial charge on any atom is -0.338 e. The number of nitrogens with zero attached hydrogens (tertiary/aromatic N) is 3. The molecule has 0 aromatic carbocycles. The summed E-state index contributed by atoms with van der Waals surface area (Å²) >= 11 is 0. The second-order valence-corrected chi connectivity index (χ2v) is 5.92. The Morgan fingerprint density at radius 3 is 2.79 bits per heavy atom. The number of carbonyl (C=O) groups is 2. The Morgan fingerprint density at radius 1 is 1.38 bits per heavy atom. The first-order valence-corrected chi connectivity index (χ1v) is 8.72. The van der Waals surface area contributed by atoms with E-state index in [0.29, 0.717) is 31.9 Å². The van der Waals surface area contributed by atoms with Gasteiger partial charge in [-0.15, -0.1) is 0 Å². The number of carbonyl (C=O) groups excluding carboxylic acids is 2. The Labute approximate surface area is 143 Å². The van der Waals surface area contributed by atoms with Gasteiger partial charge in [0.05, 0.1) is 17.6 Å². The second-order valence-electron chi connectivity index (χ2n) is 5.92. The Balaban J connectivity index is 2.06. The van der Waals surface area contributed by atoms with Crippen LogP contribution in [-0.4, -0.2) is 64.8 Å². The van der Waals surface area contributed by atoms with Gasteiger partial charge in [-0.1, -0.05) is 0 Å². The van der Waals surface area contributed by atoms with Gasteiger partial charge in [0.2, 0.25) is 0 Å². The van der Waals surface area contributed by atoms with Crippen LogP contribution in [0.15, 0.2) is 6.20 Å². The van der Waals surface area contributed by atoms with Crippen molar-refractivity contribution < 1.29 is 9.59 Å². The number of anilines is 1. The molecule has 1 aliphatic rings. The zero-order chi connectivity index (χ0) is 17.5. The molecule has 1 unspecified atom stereocenters. The van der Waals surface area contributed by atoms with Crippen molar-refractivity contribution in [1.82, 2.24) is 25.3 Å². The molecular formula is C16H28N6O2. The molecular weight excluding hydrogens is 308 g/mol. The molecule has 1 fully saturated rings. The first-order chi connectivity index (χ1) is 11.6. The molecule has 2 heterocycles. The SMILES string of the molecule is CCNC(=O)Nc1cn[nH]c1C1CCCN(C(=O)N(CC)CC)C1. The predicted molar refractivity (Wildman–Crippen MR) is 93.1 cm³/mol. The Hall–Kier alpha value is -2.25. The number of rotatable bonds is 5. The lowest BCUT2D eigenvalue weighted by molar-refractivity contribution is 0.142. The van der Waals surface area contributed by atoms with Crippen molar-refractivity contribution in [3.8, 4) is 0 Å². The lowest BCUT2D eigenvalue weighted by atomic mass is 9.94. The minimum atomic E-state index is -0.243. The number of piperidine rings is 1. The van der Waals surface area contributed by atoms with E-state index in [0.717, 1.165) is 25.1 Å². The van der Waals surface area contributed by atoms with E-state index in [1.165, 1.54) is 0 Å². The second kappa shape index (κ2) is 8.56. The number of hydrogen-bond acceptors (Lipinski definition) is 3. The molecule has 0 bridgehead atoms. The van der Waals surface area contributed by atoms with Crippen LogP contribution in [0.4, 0.5) is 15.3 Å². The quantitative estimate of drug-likeness (QED) is 0.769. The summed E-state index contributed by atoms with van der Waals surface area (Å²) in [6, 6.07) is -0.158. The normalized spacial score (nSPS) is 17.5. The maximum atomic E-state index is 12.6. The van der Waals surface area contributed by atoms with E-state index in [4.69, 9.17) is 0 Å². The average molecular weight is 336 g/mol. The molecule has 3 N–H and O–H groups in total. The number of hydrogen-bond donors (Lipinski definition) is 3. The van der Waals surface area contributed by atoms with Gasteiger partial charge in [-0.05, 0) is 33.6 Å². The van der Waals surface area contributed by atoms with Gasteiger partial charge in [0.25, 0.3) is 0 Å². The molecule has 1 aromatic heterocycles. The van der Waals surface area contributed by atoms with Crippen molar-refractivity contribution in [3.05, 3.63) is 11.9 Å². The number of aromatic amines is 1. The highest BCUT2D eigenvalue weighted by Gasteiger charge is 2.29. The topological polar surface area (TPSA) is 93.4 Å². The van der Waals surface area contributed by atoms with Crippen LogP contribution in [-0.2, 0) is 0 Å². The summed E-state index contributed by atoms with van der Waals surface area (Å²) < 4.78 is 0. The molecule has 0 aliphatic carbocycles. The first kappa shape index (κ1) is 18.1. The number of H-pyrrole nitrogens is 1. The predicted octanol–water partition coefficient (Wildman–Crippen LogP) is 2.19. The molecule has 4 amide bonds. The molecule has 0 radical (unpaired) electrons. The fourth-order valence-electron chi connectivity index (χ4n) is 3.11. The first-order valence-electron chi connectivity index (χ1n) is 8.72. The summed E-state index contributed by atoms with van der Waals surface area (Å²) in [4.78, 5) is 28.1. The van der Waals surface area contributed by atoms with E-state index >= 15 is 0 Å². The average Bonchev–Trinajstić information content (AvgIpc) is 3.04. The smallest absolute Gasteiger partial charge is 0.319 e. The summed E-state index contributed by atoms with van der Waals surface area (Å²) in [6.07, 6.45) is 3.53. The highest BCUT2D eigenvalue weighted by Crippen LogP contribution is 2.30. The molecule has 1 atom stereocenters. The highest BCUT2D eigenvalue weighted by atomic mass is 16.2. The van der Waals surface area contributed by atoms with Gasteiger partial charge in [-0.2, -0.15) is 5.10 Å². The molecule has 8 nitrogen and oxygen atoms in total. The van der Waals surface area contributed by atoms with E-state index in [1.807, 2.05) is 30.6 Å². The summed E-state index contributed by atoms with van der Waals surface area (Å²) in [5.41, 5.74) is 1.57. The van der Waals surface area contributed by atoms with Crippen molar-refractivity contribution in [2.24, 2.45) is 0 Å². The van der Waals surface area contributed by atoms with Gasteiger partial charge in [0.15, 0.2) is 0 Å². The lowest BCUT2D eigenvalue weighted by Crippen LogP contribution is -2.47. The molecule has 1 aromatic rings. The third kappa shape index (κ3) is 4.18. The summed E-state index contributed by atoms with van der Waals surface area (Å²) in [6.45, 7) is 9.26. The van der Waals surface area contributed by atoms with Crippen LogP contribution in [0.2, 0.25) is 0 Å². The fourth-order valence-corrected chi connectivity index (χ4v) is 3.11. The monoisotopic (exact) mass is 336 g/mol. The Kier molecular flexibility index (Phi) is 6.45. The highest BCUT2D eigenvalue weighted by molar-refractivity contribution is 5.89. The molecule has 1 aliphatic heterocycles. The van der Waals surface area contributed by atoms with Crippen molar-refractivity contribution in [1.29, 1.82) is 0 Å². The van der Waals surface area contributed by atoms with Crippen LogP contribution in [0.1, 0.15) is 45.2 Å². The van der Waals surface area contributed by atoms with Crippen LogP contribution in [0.3, 0.4) is 0 Å². The zero-order valence-electron chi connectivity index (χ0n) is 14.8. The van der Waals surface area contributed by atoms with Gasteiger partial charge in [-0.25, -0.2) is 9.59 Å². The summed E-state index contributed by atoms with van der Waals surface area (Å²) in [5.74, 6) is 0.151. The molecule has 0 spiro atoms. The molecule has 134 valence electrons. The van der Waals surface area contributed by atoms with Gasteiger partial charge < -0.3 is 20.4 Å². The number of urea groups is 2. The van der Waals surface area contributed by atoms with Crippen LogP contribution in [0, 0.1) is 0 Å². The van der Waals surface area contributed by atoms with Crippen LogP contribution >= 0.6 is 0 Å². The van der Waals surface area contributed by atoms with Crippen molar-refractivity contribution >= 4 is 17.7 Å². The third-order valence-corrected chi connectivity index (χ3v) is 4.39. The van der Waals surface area contributed by atoms with Crippen LogP contribution < -0.4 is 10.6 Å². The van der Waals surface area contributed by atoms with E-state index in [1.54, 1.807) is 6.20 Å². The zero-order valence-corrected chi connectivity index (χ0v) is 14.8. The number of nitrogens with one attached hydrogen (secondary N) is 3. The van der Waals surface area contributed by atoms with E-state index in [2.05, 4.69) is 20.8 Å². The van der Waals surface area contributed by atoms with Crippen LogP contribution in [0.5, 0.6) is 0 Å². The molecule has 0 saturated carbocycles.